The Bertz CT molecular complexity index is 1080. The first-order valence-electron chi connectivity index (χ1n) is 10.2. The van der Waals surface area contributed by atoms with Crippen molar-refractivity contribution in [3.63, 3.8) is 0 Å². The van der Waals surface area contributed by atoms with Crippen LogP contribution in [0.25, 0.3) is 0 Å². The van der Waals surface area contributed by atoms with Gasteiger partial charge in [-0.15, -0.1) is 0 Å². The maximum atomic E-state index is 13.4. The molecule has 2 aromatic rings. The summed E-state index contributed by atoms with van der Waals surface area (Å²) in [6, 6.07) is 8.64. The normalized spacial score (nSPS) is 12.2. The van der Waals surface area contributed by atoms with Crippen LogP contribution in [0, 0.1) is 5.82 Å². The summed E-state index contributed by atoms with van der Waals surface area (Å²) >= 11 is 12.5. The maximum Gasteiger partial charge on any atom is 0.244 e. The van der Waals surface area contributed by atoms with Crippen molar-refractivity contribution >= 4 is 50.7 Å². The molecule has 2 aromatic carbocycles. The van der Waals surface area contributed by atoms with Crippen LogP contribution in [0.4, 0.5) is 10.1 Å². The molecule has 0 saturated heterocycles. The zero-order chi connectivity index (χ0) is 24.8. The number of carbonyl (C=O) groups excluding carboxylic acids is 2. The highest BCUT2D eigenvalue weighted by Gasteiger charge is 2.30. The van der Waals surface area contributed by atoms with Crippen LogP contribution < -0.4 is 9.62 Å². The first-order valence-corrected chi connectivity index (χ1v) is 12.8. The number of hydrogen-bond donors (Lipinski definition) is 1. The smallest absolute Gasteiger partial charge is 0.244 e. The molecule has 0 heterocycles. The van der Waals surface area contributed by atoms with E-state index in [1.165, 1.54) is 24.0 Å². The zero-order valence-electron chi connectivity index (χ0n) is 18.5. The minimum absolute atomic E-state index is 0.112. The summed E-state index contributed by atoms with van der Waals surface area (Å²) in [6.45, 7) is 3.14. The van der Waals surface area contributed by atoms with Crippen molar-refractivity contribution in [1.29, 1.82) is 0 Å². The van der Waals surface area contributed by atoms with Crippen LogP contribution in [0.1, 0.15) is 25.8 Å². The largest absolute Gasteiger partial charge is 0.354 e. The lowest BCUT2D eigenvalue weighted by atomic mass is 10.1. The molecule has 0 radical (unpaired) electrons. The Hall–Kier alpha value is -2.36. The van der Waals surface area contributed by atoms with E-state index in [0.717, 1.165) is 22.7 Å². The van der Waals surface area contributed by atoms with Gasteiger partial charge in [-0.25, -0.2) is 12.8 Å². The molecule has 0 bridgehead atoms. The van der Waals surface area contributed by atoms with Crippen LogP contribution in [0.15, 0.2) is 42.5 Å². The first-order chi connectivity index (χ1) is 15.5. The standard InChI is InChI=1S/C22H26Cl2FN3O4S/c1-4-12-26-22(30)15(2)27(13-18-19(23)6-5-7-20(18)24)21(29)14-28(33(3,31)32)17-10-8-16(25)9-11-17/h5-11,15H,4,12-14H2,1-3H3,(H,26,30)/t15-/m1/s1. The van der Waals surface area contributed by atoms with E-state index in [9.17, 15) is 22.4 Å². The Balaban J connectivity index is 2.42. The minimum atomic E-state index is -3.90. The van der Waals surface area contributed by atoms with Gasteiger partial charge in [-0.1, -0.05) is 36.2 Å². The number of nitrogens with zero attached hydrogens (tertiary/aromatic N) is 2. The summed E-state index contributed by atoms with van der Waals surface area (Å²) in [5.74, 6) is -1.60. The van der Waals surface area contributed by atoms with Crippen LogP contribution >= 0.6 is 23.2 Å². The Labute approximate surface area is 203 Å². The highest BCUT2D eigenvalue weighted by Crippen LogP contribution is 2.27. The fourth-order valence-electron chi connectivity index (χ4n) is 3.05. The summed E-state index contributed by atoms with van der Waals surface area (Å²) in [4.78, 5) is 27.2. The molecule has 1 N–H and O–H groups in total. The second-order valence-corrected chi connectivity index (χ2v) is 10.2. The average Bonchev–Trinajstić information content (AvgIpc) is 2.75. The molecule has 0 spiro atoms. The molecule has 33 heavy (non-hydrogen) atoms. The Morgan fingerprint density at radius 2 is 1.67 bits per heavy atom. The van der Waals surface area contributed by atoms with Crippen molar-refractivity contribution in [1.82, 2.24) is 10.2 Å². The van der Waals surface area contributed by atoms with Crippen molar-refractivity contribution in [3.05, 3.63) is 63.9 Å². The molecule has 0 aliphatic carbocycles. The first kappa shape index (κ1) is 26.9. The van der Waals surface area contributed by atoms with Gasteiger partial charge in [0.25, 0.3) is 0 Å². The molecule has 180 valence electrons. The number of rotatable bonds is 10. The molecule has 0 aliphatic heterocycles. The molecule has 7 nitrogen and oxygen atoms in total. The third-order valence-electron chi connectivity index (χ3n) is 4.90. The minimum Gasteiger partial charge on any atom is -0.354 e. The SMILES string of the molecule is CCCNC(=O)[C@@H](C)N(Cc1c(Cl)cccc1Cl)C(=O)CN(c1ccc(F)cc1)S(C)(=O)=O. The van der Waals surface area contributed by atoms with E-state index in [4.69, 9.17) is 23.2 Å². The lowest BCUT2D eigenvalue weighted by Crippen LogP contribution is -2.51. The fourth-order valence-corrected chi connectivity index (χ4v) is 4.42. The van der Waals surface area contributed by atoms with Gasteiger partial charge in [0.2, 0.25) is 21.8 Å². The third kappa shape index (κ3) is 7.31. The molecule has 0 aromatic heterocycles. The van der Waals surface area contributed by atoms with Crippen molar-refractivity contribution in [2.45, 2.75) is 32.9 Å². The van der Waals surface area contributed by atoms with Gasteiger partial charge in [-0.3, -0.25) is 13.9 Å². The van der Waals surface area contributed by atoms with Crippen molar-refractivity contribution in [2.24, 2.45) is 0 Å². The highest BCUT2D eigenvalue weighted by atomic mass is 35.5. The summed E-state index contributed by atoms with van der Waals surface area (Å²) < 4.78 is 39.0. The van der Waals surface area contributed by atoms with Crippen LogP contribution in [0.2, 0.25) is 10.0 Å². The average molecular weight is 518 g/mol. The van der Waals surface area contributed by atoms with Crippen molar-refractivity contribution in [2.75, 3.05) is 23.7 Å². The molecular formula is C22H26Cl2FN3O4S. The van der Waals surface area contributed by atoms with Gasteiger partial charge < -0.3 is 10.2 Å². The number of hydrogen-bond acceptors (Lipinski definition) is 4. The van der Waals surface area contributed by atoms with E-state index in [1.807, 2.05) is 6.92 Å². The Kier molecular flexibility index (Phi) is 9.51. The number of halogens is 3. The summed E-state index contributed by atoms with van der Waals surface area (Å²) in [5, 5.41) is 3.34. The number of sulfonamides is 1. The summed E-state index contributed by atoms with van der Waals surface area (Å²) in [7, 11) is -3.90. The van der Waals surface area contributed by atoms with Gasteiger partial charge in [0.1, 0.15) is 18.4 Å². The lowest BCUT2D eigenvalue weighted by molar-refractivity contribution is -0.139. The second-order valence-electron chi connectivity index (χ2n) is 7.43. The van der Waals surface area contributed by atoms with Crippen LogP contribution in [-0.4, -0.2) is 50.5 Å². The number of anilines is 1. The van der Waals surface area contributed by atoms with E-state index < -0.39 is 40.2 Å². The van der Waals surface area contributed by atoms with Gasteiger partial charge >= 0.3 is 0 Å². The second kappa shape index (κ2) is 11.7. The predicted octanol–water partition coefficient (Wildman–Crippen LogP) is 3.84. The molecule has 11 heteroatoms. The Morgan fingerprint density at radius 1 is 1.09 bits per heavy atom. The highest BCUT2D eigenvalue weighted by molar-refractivity contribution is 7.92. The van der Waals surface area contributed by atoms with Crippen molar-refractivity contribution < 1.29 is 22.4 Å². The van der Waals surface area contributed by atoms with E-state index in [1.54, 1.807) is 18.2 Å². The fraction of sp³-hybridized carbons (Fsp3) is 0.364. The van der Waals surface area contributed by atoms with Gasteiger partial charge in [-0.2, -0.15) is 0 Å². The van der Waals surface area contributed by atoms with E-state index in [2.05, 4.69) is 5.32 Å². The van der Waals surface area contributed by atoms with E-state index in [0.29, 0.717) is 28.6 Å². The van der Waals surface area contributed by atoms with Crippen LogP contribution in [0.5, 0.6) is 0 Å². The number of carbonyl (C=O) groups is 2. The molecule has 2 rings (SSSR count). The molecule has 0 aliphatic rings. The molecule has 0 fully saturated rings. The predicted molar refractivity (Wildman–Crippen MR) is 128 cm³/mol. The van der Waals surface area contributed by atoms with E-state index >= 15 is 0 Å². The summed E-state index contributed by atoms with van der Waals surface area (Å²) in [5.41, 5.74) is 0.545. The van der Waals surface area contributed by atoms with Gasteiger partial charge in [0, 0.05) is 28.7 Å². The number of amides is 2. The maximum absolute atomic E-state index is 13.4. The third-order valence-corrected chi connectivity index (χ3v) is 6.75. The zero-order valence-corrected chi connectivity index (χ0v) is 20.8. The molecule has 0 saturated carbocycles. The quantitative estimate of drug-likeness (QED) is 0.518. The van der Waals surface area contributed by atoms with Crippen LogP contribution in [-0.2, 0) is 26.2 Å². The Morgan fingerprint density at radius 3 is 2.18 bits per heavy atom. The molecule has 1 atom stereocenters. The summed E-state index contributed by atoms with van der Waals surface area (Å²) in [6.07, 6.45) is 1.64. The lowest BCUT2D eigenvalue weighted by Gasteiger charge is -2.32. The van der Waals surface area contributed by atoms with Gasteiger partial charge in [0.15, 0.2) is 0 Å². The topological polar surface area (TPSA) is 86.8 Å². The van der Waals surface area contributed by atoms with Crippen LogP contribution in [0.3, 0.4) is 0 Å². The molecule has 2 amide bonds. The number of benzene rings is 2. The molecule has 0 unspecified atom stereocenters. The van der Waals surface area contributed by atoms with E-state index in [-0.39, 0.29) is 12.2 Å². The van der Waals surface area contributed by atoms with Crippen molar-refractivity contribution in [3.8, 4) is 0 Å². The van der Waals surface area contributed by atoms with Gasteiger partial charge in [-0.05, 0) is 49.7 Å². The van der Waals surface area contributed by atoms with Gasteiger partial charge in [0.05, 0.1) is 11.9 Å². The number of nitrogens with one attached hydrogen (secondary N) is 1. The molecular weight excluding hydrogens is 492 g/mol. The monoisotopic (exact) mass is 517 g/mol.